The fourth-order valence-electron chi connectivity index (χ4n) is 2.20. The molecule has 1 heterocycles. The predicted octanol–water partition coefficient (Wildman–Crippen LogP) is 5.74. The molecule has 0 spiro atoms. The molecular formula is C18H14BrNOS. The van der Waals surface area contributed by atoms with Crippen molar-refractivity contribution in [3.8, 4) is 11.1 Å². The number of hydrogen-bond acceptors (Lipinski definition) is 2. The number of nitrogens with one attached hydrogen (secondary N) is 1. The van der Waals surface area contributed by atoms with E-state index in [9.17, 15) is 4.79 Å². The van der Waals surface area contributed by atoms with Crippen molar-refractivity contribution in [2.45, 2.75) is 6.92 Å². The molecule has 0 unspecified atom stereocenters. The van der Waals surface area contributed by atoms with Gasteiger partial charge in [-0.25, -0.2) is 0 Å². The van der Waals surface area contributed by atoms with Crippen LogP contribution < -0.4 is 5.32 Å². The molecule has 0 saturated carbocycles. The van der Waals surface area contributed by atoms with Gasteiger partial charge in [-0.05, 0) is 42.1 Å². The molecule has 0 fully saturated rings. The topological polar surface area (TPSA) is 29.1 Å². The van der Waals surface area contributed by atoms with Gasteiger partial charge in [0.15, 0.2) is 0 Å². The van der Waals surface area contributed by atoms with Crippen molar-refractivity contribution in [3.63, 3.8) is 0 Å². The van der Waals surface area contributed by atoms with Crippen LogP contribution >= 0.6 is 27.3 Å². The number of benzene rings is 2. The number of carbonyl (C=O) groups excluding carboxylic acids is 1. The Labute approximate surface area is 141 Å². The van der Waals surface area contributed by atoms with Gasteiger partial charge in [-0.1, -0.05) is 51.8 Å². The summed E-state index contributed by atoms with van der Waals surface area (Å²) in [4.78, 5) is 13.3. The van der Waals surface area contributed by atoms with Gasteiger partial charge >= 0.3 is 0 Å². The molecule has 0 aliphatic rings. The van der Waals surface area contributed by atoms with Gasteiger partial charge in [-0.15, -0.1) is 11.3 Å². The van der Waals surface area contributed by atoms with Crippen LogP contribution in [-0.4, -0.2) is 5.91 Å². The molecule has 2 aromatic carbocycles. The summed E-state index contributed by atoms with van der Waals surface area (Å²) in [6, 6.07) is 17.8. The minimum absolute atomic E-state index is 0.0799. The first kappa shape index (κ1) is 15.0. The molecule has 1 aromatic heterocycles. The second-order valence-corrected chi connectivity index (χ2v) is 6.83. The number of rotatable bonds is 3. The van der Waals surface area contributed by atoms with E-state index in [1.54, 1.807) is 0 Å². The molecule has 0 radical (unpaired) electrons. The normalized spacial score (nSPS) is 10.5. The van der Waals surface area contributed by atoms with Crippen molar-refractivity contribution in [1.29, 1.82) is 0 Å². The van der Waals surface area contributed by atoms with Crippen LogP contribution in [0.1, 0.15) is 15.2 Å². The molecule has 1 amide bonds. The third-order valence-electron chi connectivity index (χ3n) is 3.32. The summed E-state index contributed by atoms with van der Waals surface area (Å²) >= 11 is 4.87. The van der Waals surface area contributed by atoms with E-state index in [1.807, 2.05) is 47.8 Å². The Bertz CT molecular complexity index is 808. The number of thiophene rings is 1. The number of halogens is 1. The second kappa shape index (κ2) is 6.46. The highest BCUT2D eigenvalue weighted by molar-refractivity contribution is 9.10. The van der Waals surface area contributed by atoms with Crippen molar-refractivity contribution in [2.24, 2.45) is 0 Å². The summed E-state index contributed by atoms with van der Waals surface area (Å²) in [6.45, 7) is 2.05. The quantitative estimate of drug-likeness (QED) is 0.624. The number of amides is 1. The average molecular weight is 372 g/mol. The lowest BCUT2D eigenvalue weighted by molar-refractivity contribution is 0.103. The molecule has 22 heavy (non-hydrogen) atoms. The van der Waals surface area contributed by atoms with E-state index in [0.717, 1.165) is 26.2 Å². The molecule has 1 N–H and O–H groups in total. The average Bonchev–Trinajstić information content (AvgIpc) is 2.97. The van der Waals surface area contributed by atoms with Crippen molar-refractivity contribution in [1.82, 2.24) is 0 Å². The Morgan fingerprint density at radius 3 is 2.59 bits per heavy atom. The van der Waals surface area contributed by atoms with Gasteiger partial charge in [0, 0.05) is 15.7 Å². The Hall–Kier alpha value is -1.91. The van der Waals surface area contributed by atoms with Crippen LogP contribution in [0.3, 0.4) is 0 Å². The van der Waals surface area contributed by atoms with E-state index < -0.39 is 0 Å². The van der Waals surface area contributed by atoms with Gasteiger partial charge in [-0.3, -0.25) is 4.79 Å². The molecule has 3 aromatic rings. The highest BCUT2D eigenvalue weighted by atomic mass is 79.9. The van der Waals surface area contributed by atoms with Crippen molar-refractivity contribution < 1.29 is 4.79 Å². The van der Waals surface area contributed by atoms with Gasteiger partial charge in [0.05, 0.1) is 4.88 Å². The molecule has 0 bridgehead atoms. The summed E-state index contributed by atoms with van der Waals surface area (Å²) in [5.74, 6) is -0.0799. The molecular weight excluding hydrogens is 358 g/mol. The largest absolute Gasteiger partial charge is 0.321 e. The van der Waals surface area contributed by atoms with Crippen LogP contribution in [0.15, 0.2) is 64.5 Å². The Kier molecular flexibility index (Phi) is 4.41. The maximum Gasteiger partial charge on any atom is 0.266 e. The van der Waals surface area contributed by atoms with E-state index in [2.05, 4.69) is 40.3 Å². The first-order chi connectivity index (χ1) is 10.6. The standard InChI is InChI=1S/C18H14BrNOS/c1-12-5-7-13(8-6-12)16-9-10-22-17(16)18(21)20-15-4-2-3-14(19)11-15/h2-11H,1H3,(H,20,21). The van der Waals surface area contributed by atoms with E-state index in [0.29, 0.717) is 0 Å². The van der Waals surface area contributed by atoms with Gasteiger partial charge < -0.3 is 5.32 Å². The Balaban J connectivity index is 1.88. The predicted molar refractivity (Wildman–Crippen MR) is 96.6 cm³/mol. The molecule has 3 rings (SSSR count). The lowest BCUT2D eigenvalue weighted by Gasteiger charge is -2.07. The number of hydrogen-bond donors (Lipinski definition) is 1. The summed E-state index contributed by atoms with van der Waals surface area (Å²) in [7, 11) is 0. The van der Waals surface area contributed by atoms with Crippen LogP contribution in [0.5, 0.6) is 0 Å². The highest BCUT2D eigenvalue weighted by Crippen LogP contribution is 2.29. The Morgan fingerprint density at radius 2 is 1.86 bits per heavy atom. The number of carbonyl (C=O) groups is 1. The lowest BCUT2D eigenvalue weighted by Crippen LogP contribution is -2.11. The third-order valence-corrected chi connectivity index (χ3v) is 4.72. The summed E-state index contributed by atoms with van der Waals surface area (Å²) in [5.41, 5.74) is 4.02. The zero-order chi connectivity index (χ0) is 15.5. The number of anilines is 1. The monoisotopic (exact) mass is 371 g/mol. The second-order valence-electron chi connectivity index (χ2n) is 4.99. The molecule has 0 aliphatic carbocycles. The van der Waals surface area contributed by atoms with Crippen LogP contribution in [-0.2, 0) is 0 Å². The molecule has 2 nitrogen and oxygen atoms in total. The summed E-state index contributed by atoms with van der Waals surface area (Å²) in [6.07, 6.45) is 0. The van der Waals surface area contributed by atoms with Crippen molar-refractivity contribution in [3.05, 3.63) is 74.9 Å². The minimum atomic E-state index is -0.0799. The zero-order valence-electron chi connectivity index (χ0n) is 12.0. The lowest BCUT2D eigenvalue weighted by atomic mass is 10.0. The summed E-state index contributed by atoms with van der Waals surface area (Å²) in [5, 5.41) is 4.90. The third kappa shape index (κ3) is 3.29. The number of aryl methyl sites for hydroxylation is 1. The Morgan fingerprint density at radius 1 is 1.09 bits per heavy atom. The van der Waals surface area contributed by atoms with Crippen LogP contribution in [0.25, 0.3) is 11.1 Å². The highest BCUT2D eigenvalue weighted by Gasteiger charge is 2.14. The smallest absolute Gasteiger partial charge is 0.266 e. The SMILES string of the molecule is Cc1ccc(-c2ccsc2C(=O)Nc2cccc(Br)c2)cc1. The van der Waals surface area contributed by atoms with Gasteiger partial charge in [0.1, 0.15) is 0 Å². The molecule has 0 atom stereocenters. The maximum absolute atomic E-state index is 12.5. The summed E-state index contributed by atoms with van der Waals surface area (Å²) < 4.78 is 0.940. The van der Waals surface area contributed by atoms with Gasteiger partial charge in [0.25, 0.3) is 5.91 Å². The van der Waals surface area contributed by atoms with Gasteiger partial charge in [-0.2, -0.15) is 0 Å². The van der Waals surface area contributed by atoms with Crippen LogP contribution in [0.2, 0.25) is 0 Å². The van der Waals surface area contributed by atoms with Crippen molar-refractivity contribution >= 4 is 38.9 Å². The molecule has 0 aliphatic heterocycles. The molecule has 0 saturated heterocycles. The zero-order valence-corrected chi connectivity index (χ0v) is 14.4. The fourth-order valence-corrected chi connectivity index (χ4v) is 3.41. The first-order valence-electron chi connectivity index (χ1n) is 6.85. The first-order valence-corrected chi connectivity index (χ1v) is 8.52. The van der Waals surface area contributed by atoms with E-state index in [1.165, 1.54) is 16.9 Å². The van der Waals surface area contributed by atoms with Crippen molar-refractivity contribution in [2.75, 3.05) is 5.32 Å². The minimum Gasteiger partial charge on any atom is -0.321 e. The van der Waals surface area contributed by atoms with E-state index in [-0.39, 0.29) is 5.91 Å². The van der Waals surface area contributed by atoms with E-state index >= 15 is 0 Å². The van der Waals surface area contributed by atoms with E-state index in [4.69, 9.17) is 0 Å². The molecule has 4 heteroatoms. The molecule has 110 valence electrons. The maximum atomic E-state index is 12.5. The van der Waals surface area contributed by atoms with Crippen LogP contribution in [0.4, 0.5) is 5.69 Å². The van der Waals surface area contributed by atoms with Gasteiger partial charge in [0.2, 0.25) is 0 Å². The fraction of sp³-hybridized carbons (Fsp3) is 0.0556. The van der Waals surface area contributed by atoms with Crippen LogP contribution in [0, 0.1) is 6.92 Å².